The highest BCUT2D eigenvalue weighted by Crippen LogP contribution is 2.28. The van der Waals surface area contributed by atoms with Gasteiger partial charge >= 0.3 is 4.77 Å². The van der Waals surface area contributed by atoms with Crippen LogP contribution in [0.1, 0.15) is 0 Å². The molecule has 0 atom stereocenters. The molecule has 1 aromatic rings. The molecule has 0 saturated heterocycles. The highest BCUT2D eigenvalue weighted by atomic mass is 35.5. The van der Waals surface area contributed by atoms with Gasteiger partial charge in [-0.3, -0.25) is 0 Å². The third-order valence-corrected chi connectivity index (χ3v) is 1.40. The Bertz CT molecular complexity index is 355. The molecule has 0 unspecified atom stereocenters. The summed E-state index contributed by atoms with van der Waals surface area (Å²) in [5, 5.41) is 0. The molecule has 0 heterocycles. The van der Waals surface area contributed by atoms with Crippen LogP contribution in [0.5, 0.6) is 5.75 Å². The maximum atomic E-state index is 12.5. The lowest BCUT2D eigenvalue weighted by Crippen LogP contribution is -2.13. The number of hydrogen-bond acceptors (Lipinski definition) is 3. The van der Waals surface area contributed by atoms with Crippen molar-refractivity contribution < 1.29 is 13.9 Å². The molecule has 0 aliphatic rings. The number of rotatable bonds is 3. The first kappa shape index (κ1) is 11.0. The van der Waals surface area contributed by atoms with Gasteiger partial charge in [-0.15, -0.1) is 0 Å². The van der Waals surface area contributed by atoms with Gasteiger partial charge in [-0.1, -0.05) is 0 Å². The summed E-state index contributed by atoms with van der Waals surface area (Å²) in [7, 11) is 0. The summed E-state index contributed by atoms with van der Waals surface area (Å²) in [6, 6.07) is 5.60. The van der Waals surface area contributed by atoms with E-state index >= 15 is 0 Å². The number of benzene rings is 1. The van der Waals surface area contributed by atoms with E-state index in [0.29, 0.717) is 5.69 Å². The van der Waals surface area contributed by atoms with Gasteiger partial charge in [0.15, 0.2) is 0 Å². The predicted molar refractivity (Wildman–Crippen MR) is 50.4 cm³/mol. The number of alkyl halides is 3. The van der Waals surface area contributed by atoms with Crippen molar-refractivity contribution in [2.45, 2.75) is 4.77 Å². The average molecular weight is 236 g/mol. The Morgan fingerprint density at radius 1 is 1.36 bits per heavy atom. The molecule has 0 N–H and O–H groups in total. The molecule has 0 bridgehead atoms. The number of nitrogens with zero attached hydrogens (tertiary/aromatic N) is 1. The van der Waals surface area contributed by atoms with Crippen LogP contribution < -0.4 is 4.74 Å². The highest BCUT2D eigenvalue weighted by Gasteiger charge is 2.24. The second kappa shape index (κ2) is 4.42. The molecule has 0 saturated carbocycles. The number of hydrogen-bond donors (Lipinski definition) is 0. The van der Waals surface area contributed by atoms with Gasteiger partial charge in [0.25, 0.3) is 0 Å². The Kier molecular flexibility index (Phi) is 3.47. The topological polar surface area (TPSA) is 38.7 Å². The molecule has 74 valence electrons. The summed E-state index contributed by atoms with van der Waals surface area (Å²) in [5.74, 6) is 0.127. The van der Waals surface area contributed by atoms with Crippen molar-refractivity contribution in [1.29, 1.82) is 0 Å². The fourth-order valence-corrected chi connectivity index (χ4v) is 0.953. The molecule has 0 aliphatic heterocycles. The molecule has 14 heavy (non-hydrogen) atoms. The third kappa shape index (κ3) is 3.75. The van der Waals surface area contributed by atoms with Gasteiger partial charge < -0.3 is 4.74 Å². The minimum absolute atomic E-state index is 0.127. The molecule has 3 nitrogen and oxygen atoms in total. The van der Waals surface area contributed by atoms with E-state index in [9.17, 15) is 9.18 Å². The van der Waals surface area contributed by atoms with E-state index in [2.05, 4.69) is 9.73 Å². The van der Waals surface area contributed by atoms with Crippen molar-refractivity contribution >= 4 is 35.0 Å². The van der Waals surface area contributed by atoms with Crippen LogP contribution in [-0.2, 0) is 4.79 Å². The van der Waals surface area contributed by atoms with Crippen molar-refractivity contribution in [2.24, 2.45) is 4.99 Å². The van der Waals surface area contributed by atoms with Crippen LogP contribution >= 0.6 is 23.2 Å². The van der Waals surface area contributed by atoms with Gasteiger partial charge in [-0.05, 0) is 47.5 Å². The monoisotopic (exact) mass is 235 g/mol. The molecule has 1 rings (SSSR count). The Balaban J connectivity index is 2.78. The van der Waals surface area contributed by atoms with Crippen LogP contribution in [0.3, 0.4) is 0 Å². The van der Waals surface area contributed by atoms with E-state index in [1.807, 2.05) is 0 Å². The summed E-state index contributed by atoms with van der Waals surface area (Å²) >= 11 is 9.92. The number of halogens is 3. The van der Waals surface area contributed by atoms with E-state index in [1.54, 1.807) is 0 Å². The third-order valence-electron chi connectivity index (χ3n) is 1.25. The Hall–Kier alpha value is -1.09. The SMILES string of the molecule is O=C=Nc1ccc(OC(F)(Cl)Cl)cc1. The first-order valence-corrected chi connectivity index (χ1v) is 4.20. The number of carbonyl (C=O) groups excluding carboxylic acids is 1. The standard InChI is InChI=1S/C8H4Cl2FNO2/c9-8(10,11)14-7-3-1-6(2-4-7)12-5-13/h1-4H. The first-order chi connectivity index (χ1) is 6.51. The van der Waals surface area contributed by atoms with Crippen LogP contribution in [0.2, 0.25) is 0 Å². The van der Waals surface area contributed by atoms with Crippen LogP contribution in [0.4, 0.5) is 10.1 Å². The molecule has 1 aromatic carbocycles. The lowest BCUT2D eigenvalue weighted by Gasteiger charge is -2.11. The van der Waals surface area contributed by atoms with E-state index in [1.165, 1.54) is 30.3 Å². The van der Waals surface area contributed by atoms with E-state index in [4.69, 9.17) is 23.2 Å². The van der Waals surface area contributed by atoms with Crippen LogP contribution in [-0.4, -0.2) is 10.9 Å². The molecule has 0 radical (unpaired) electrons. The summed E-state index contributed by atoms with van der Waals surface area (Å²) < 4.78 is 14.2. The molecule has 0 amide bonds. The summed E-state index contributed by atoms with van der Waals surface area (Å²) in [5.41, 5.74) is 0.376. The van der Waals surface area contributed by atoms with Crippen molar-refractivity contribution in [3.05, 3.63) is 24.3 Å². The second-order valence-corrected chi connectivity index (χ2v) is 3.41. The van der Waals surface area contributed by atoms with Crippen molar-refractivity contribution in [3.8, 4) is 5.75 Å². The van der Waals surface area contributed by atoms with E-state index < -0.39 is 4.77 Å². The van der Waals surface area contributed by atoms with Crippen molar-refractivity contribution in [3.63, 3.8) is 0 Å². The zero-order chi connectivity index (χ0) is 10.6. The number of ether oxygens (including phenoxy) is 1. The molecule has 0 aliphatic carbocycles. The molecule has 0 aromatic heterocycles. The van der Waals surface area contributed by atoms with Gasteiger partial charge in [-0.2, -0.15) is 9.38 Å². The molecular formula is C8H4Cl2FNO2. The van der Waals surface area contributed by atoms with Gasteiger partial charge in [0.1, 0.15) is 5.75 Å². The maximum Gasteiger partial charge on any atom is 0.410 e. The molecule has 6 heteroatoms. The predicted octanol–water partition coefficient (Wildman–Crippen LogP) is 3.09. The Morgan fingerprint density at radius 2 is 1.93 bits per heavy atom. The largest absolute Gasteiger partial charge is 0.433 e. The summed E-state index contributed by atoms with van der Waals surface area (Å²) in [6.07, 6.45) is 1.36. The van der Waals surface area contributed by atoms with Gasteiger partial charge in [0.05, 0.1) is 5.69 Å². The summed E-state index contributed by atoms with van der Waals surface area (Å²) in [6.45, 7) is 0. The highest BCUT2D eigenvalue weighted by molar-refractivity contribution is 6.46. The normalized spacial score (nSPS) is 10.5. The number of aliphatic imine (C=N–C) groups is 1. The van der Waals surface area contributed by atoms with Crippen molar-refractivity contribution in [2.75, 3.05) is 0 Å². The Labute approximate surface area is 89.1 Å². The second-order valence-electron chi connectivity index (χ2n) is 2.24. The van der Waals surface area contributed by atoms with E-state index in [0.717, 1.165) is 0 Å². The van der Waals surface area contributed by atoms with E-state index in [-0.39, 0.29) is 5.75 Å². The van der Waals surface area contributed by atoms with Crippen LogP contribution in [0, 0.1) is 0 Å². The van der Waals surface area contributed by atoms with Crippen LogP contribution in [0.25, 0.3) is 0 Å². The first-order valence-electron chi connectivity index (χ1n) is 3.45. The van der Waals surface area contributed by atoms with Gasteiger partial charge in [-0.25, -0.2) is 4.79 Å². The minimum Gasteiger partial charge on any atom is -0.433 e. The zero-order valence-corrected chi connectivity index (χ0v) is 8.22. The molecule has 0 fully saturated rings. The quantitative estimate of drug-likeness (QED) is 0.459. The summed E-state index contributed by atoms with van der Waals surface area (Å²) in [4.78, 5) is 13.2. The maximum absolute atomic E-state index is 12.5. The van der Waals surface area contributed by atoms with Crippen LogP contribution in [0.15, 0.2) is 29.3 Å². The lowest BCUT2D eigenvalue weighted by atomic mass is 10.3. The fourth-order valence-electron chi connectivity index (χ4n) is 0.775. The minimum atomic E-state index is -2.77. The van der Waals surface area contributed by atoms with Gasteiger partial charge in [0.2, 0.25) is 6.08 Å². The van der Waals surface area contributed by atoms with Gasteiger partial charge in [0, 0.05) is 0 Å². The lowest BCUT2D eigenvalue weighted by molar-refractivity contribution is 0.104. The zero-order valence-electron chi connectivity index (χ0n) is 6.71. The molecular weight excluding hydrogens is 232 g/mol. The number of isocyanates is 1. The average Bonchev–Trinajstić information content (AvgIpc) is 2.06. The molecule has 0 spiro atoms. The smallest absolute Gasteiger partial charge is 0.410 e. The van der Waals surface area contributed by atoms with Crippen molar-refractivity contribution in [1.82, 2.24) is 0 Å². The Morgan fingerprint density at radius 3 is 2.36 bits per heavy atom. The fraction of sp³-hybridized carbons (Fsp3) is 0.125.